The van der Waals surface area contributed by atoms with Gasteiger partial charge in [0, 0.05) is 22.1 Å². The van der Waals surface area contributed by atoms with Crippen molar-refractivity contribution in [2.24, 2.45) is 0 Å². The van der Waals surface area contributed by atoms with Gasteiger partial charge in [-0.1, -0.05) is 12.1 Å². The molecule has 0 saturated carbocycles. The summed E-state index contributed by atoms with van der Waals surface area (Å²) < 4.78 is 0. The second kappa shape index (κ2) is 8.38. The summed E-state index contributed by atoms with van der Waals surface area (Å²) in [5.41, 5.74) is 2.08. The van der Waals surface area contributed by atoms with E-state index in [9.17, 15) is 9.59 Å². The molecule has 0 aliphatic carbocycles. The molecular weight excluding hydrogens is 448 g/mol. The smallest absolute Gasteiger partial charge is 0.272 e. The molecule has 154 valence electrons. The van der Waals surface area contributed by atoms with E-state index in [1.807, 2.05) is 35.0 Å². The predicted molar refractivity (Wildman–Crippen MR) is 128 cm³/mol. The fraction of sp³-hybridized carbons (Fsp3) is 0. The lowest BCUT2D eigenvalue weighted by atomic mass is 10.2. The number of carbonyl (C=O) groups excluding carboxylic acids is 2. The van der Waals surface area contributed by atoms with Gasteiger partial charge in [0.1, 0.15) is 11.4 Å². The highest BCUT2D eigenvalue weighted by Crippen LogP contribution is 2.51. The Balaban J connectivity index is 1.65. The van der Waals surface area contributed by atoms with Crippen molar-refractivity contribution in [3.63, 3.8) is 0 Å². The van der Waals surface area contributed by atoms with Gasteiger partial charge in [-0.2, -0.15) is 0 Å². The minimum Gasteiger partial charge on any atom is -0.357 e. The van der Waals surface area contributed by atoms with Gasteiger partial charge < -0.3 is 20.6 Å². The van der Waals surface area contributed by atoms with Gasteiger partial charge in [0.2, 0.25) is 0 Å². The highest BCUT2D eigenvalue weighted by Gasteiger charge is 2.25. The Hall–Kier alpha value is -3.40. The first kappa shape index (κ1) is 19.6. The number of amides is 2. The van der Waals surface area contributed by atoms with Crippen molar-refractivity contribution in [3.05, 3.63) is 83.1 Å². The third-order valence-electron chi connectivity index (χ3n) is 4.56. The van der Waals surface area contributed by atoms with Crippen LogP contribution < -0.4 is 10.6 Å². The van der Waals surface area contributed by atoms with Crippen LogP contribution in [0.3, 0.4) is 0 Å². The van der Waals surface area contributed by atoms with Gasteiger partial charge in [0.15, 0.2) is 0 Å². The van der Waals surface area contributed by atoms with Gasteiger partial charge in [-0.15, -0.1) is 34.0 Å². The van der Waals surface area contributed by atoms with Crippen molar-refractivity contribution in [3.8, 4) is 19.5 Å². The number of nitrogens with one attached hydrogen (secondary N) is 4. The van der Waals surface area contributed by atoms with Crippen LogP contribution in [-0.2, 0) is 0 Å². The number of hydrogen-bond donors (Lipinski definition) is 4. The SMILES string of the molecule is O=C(Nc1c(-c2cccs2)sc(-c2cccs2)c1NC(=O)c1ccc[nH]1)c1ccc[nH]1. The van der Waals surface area contributed by atoms with E-state index >= 15 is 0 Å². The van der Waals surface area contributed by atoms with Gasteiger partial charge in [-0.3, -0.25) is 9.59 Å². The quantitative estimate of drug-likeness (QED) is 0.235. The molecule has 31 heavy (non-hydrogen) atoms. The summed E-state index contributed by atoms with van der Waals surface area (Å²) in [6.07, 6.45) is 3.40. The average molecular weight is 465 g/mol. The van der Waals surface area contributed by atoms with Crippen LogP contribution in [0.25, 0.3) is 19.5 Å². The Labute approximate surface area is 189 Å². The van der Waals surface area contributed by atoms with E-state index in [0.29, 0.717) is 22.8 Å². The molecule has 0 fully saturated rings. The maximum absolute atomic E-state index is 12.9. The number of H-pyrrole nitrogens is 2. The van der Waals surface area contributed by atoms with E-state index in [1.165, 1.54) is 0 Å². The topological polar surface area (TPSA) is 89.8 Å². The van der Waals surface area contributed by atoms with E-state index in [1.54, 1.807) is 70.7 Å². The van der Waals surface area contributed by atoms with E-state index in [0.717, 1.165) is 19.5 Å². The standard InChI is InChI=1S/C22H16N4O2S3/c27-21(13-5-1-9-23-13)25-17-18(26-22(28)14-6-2-10-24-14)20(16-8-4-12-30-16)31-19(17)15-7-3-11-29-15/h1-12,23-24H,(H,25,27)(H,26,28). The lowest BCUT2D eigenvalue weighted by Crippen LogP contribution is -2.17. The molecule has 5 rings (SSSR count). The first-order valence-corrected chi connectivity index (χ1v) is 11.9. The van der Waals surface area contributed by atoms with Gasteiger partial charge in [0.25, 0.3) is 11.8 Å². The molecule has 6 nitrogen and oxygen atoms in total. The van der Waals surface area contributed by atoms with Crippen LogP contribution in [0, 0.1) is 0 Å². The molecule has 0 aromatic carbocycles. The zero-order chi connectivity index (χ0) is 21.2. The van der Waals surface area contributed by atoms with Crippen LogP contribution in [-0.4, -0.2) is 21.8 Å². The Morgan fingerprint density at radius 3 is 1.52 bits per heavy atom. The number of rotatable bonds is 6. The van der Waals surface area contributed by atoms with Crippen molar-refractivity contribution in [1.29, 1.82) is 0 Å². The summed E-state index contributed by atoms with van der Waals surface area (Å²) >= 11 is 4.72. The van der Waals surface area contributed by atoms with Crippen molar-refractivity contribution in [2.75, 3.05) is 10.6 Å². The molecule has 0 radical (unpaired) electrons. The van der Waals surface area contributed by atoms with Crippen molar-refractivity contribution in [1.82, 2.24) is 9.97 Å². The number of hydrogen-bond acceptors (Lipinski definition) is 5. The Bertz CT molecular complexity index is 1200. The number of aromatic nitrogens is 2. The Kier molecular flexibility index (Phi) is 5.29. The largest absolute Gasteiger partial charge is 0.357 e. The maximum atomic E-state index is 12.9. The summed E-state index contributed by atoms with van der Waals surface area (Å²) in [7, 11) is 0. The van der Waals surface area contributed by atoms with Crippen molar-refractivity contribution in [2.45, 2.75) is 0 Å². The number of thiophene rings is 3. The fourth-order valence-electron chi connectivity index (χ4n) is 3.14. The van der Waals surface area contributed by atoms with Crippen LogP contribution in [0.4, 0.5) is 11.4 Å². The monoisotopic (exact) mass is 464 g/mol. The maximum Gasteiger partial charge on any atom is 0.272 e. The zero-order valence-electron chi connectivity index (χ0n) is 16.0. The summed E-state index contributed by atoms with van der Waals surface area (Å²) in [5.74, 6) is -0.539. The van der Waals surface area contributed by atoms with E-state index in [-0.39, 0.29) is 11.8 Å². The molecule has 9 heteroatoms. The molecule has 0 spiro atoms. The number of aromatic amines is 2. The van der Waals surface area contributed by atoms with Crippen LogP contribution >= 0.6 is 34.0 Å². The molecule has 0 saturated heterocycles. The molecule has 0 atom stereocenters. The minimum absolute atomic E-state index is 0.270. The Morgan fingerprint density at radius 2 is 1.16 bits per heavy atom. The Morgan fingerprint density at radius 1 is 0.677 bits per heavy atom. The van der Waals surface area contributed by atoms with E-state index < -0.39 is 0 Å². The summed E-state index contributed by atoms with van der Waals surface area (Å²) in [4.78, 5) is 35.5. The molecule has 0 bridgehead atoms. The molecule has 5 heterocycles. The molecule has 2 amide bonds. The normalized spacial score (nSPS) is 10.8. The highest BCUT2D eigenvalue weighted by molar-refractivity contribution is 7.27. The van der Waals surface area contributed by atoms with Crippen LogP contribution in [0.5, 0.6) is 0 Å². The van der Waals surface area contributed by atoms with E-state index in [2.05, 4.69) is 20.6 Å². The molecule has 5 aromatic rings. The molecular formula is C22H16N4O2S3. The summed E-state index contributed by atoms with van der Waals surface area (Å²) in [6, 6.07) is 14.9. The average Bonchev–Trinajstić information content (AvgIpc) is 3.60. The second-order valence-electron chi connectivity index (χ2n) is 6.54. The highest BCUT2D eigenvalue weighted by atomic mass is 32.1. The van der Waals surface area contributed by atoms with Crippen LogP contribution in [0.1, 0.15) is 21.0 Å². The molecule has 5 aromatic heterocycles. The molecule has 0 aliphatic heterocycles. The first-order valence-electron chi connectivity index (χ1n) is 9.34. The third kappa shape index (κ3) is 3.86. The summed E-state index contributed by atoms with van der Waals surface area (Å²) in [6.45, 7) is 0. The zero-order valence-corrected chi connectivity index (χ0v) is 18.4. The van der Waals surface area contributed by atoms with Crippen molar-refractivity contribution < 1.29 is 9.59 Å². The van der Waals surface area contributed by atoms with Crippen LogP contribution in [0.15, 0.2) is 71.7 Å². The summed E-state index contributed by atoms with van der Waals surface area (Å²) in [5, 5.41) is 10.0. The van der Waals surface area contributed by atoms with Gasteiger partial charge in [-0.25, -0.2) is 0 Å². The third-order valence-corrected chi connectivity index (χ3v) is 7.85. The van der Waals surface area contributed by atoms with Crippen molar-refractivity contribution >= 4 is 57.2 Å². The molecule has 0 aliphatic rings. The van der Waals surface area contributed by atoms with Gasteiger partial charge >= 0.3 is 0 Å². The fourth-order valence-corrected chi connectivity index (χ4v) is 6.07. The molecule has 4 N–H and O–H groups in total. The lowest BCUT2D eigenvalue weighted by molar-refractivity contribution is 0.101. The number of carbonyl (C=O) groups is 2. The van der Waals surface area contributed by atoms with Crippen LogP contribution in [0.2, 0.25) is 0 Å². The van der Waals surface area contributed by atoms with Gasteiger partial charge in [-0.05, 0) is 47.2 Å². The predicted octanol–water partition coefficient (Wildman–Crippen LogP) is 6.37. The van der Waals surface area contributed by atoms with Gasteiger partial charge in [0.05, 0.1) is 21.1 Å². The minimum atomic E-state index is -0.270. The first-order chi connectivity index (χ1) is 15.2. The van der Waals surface area contributed by atoms with E-state index in [4.69, 9.17) is 0 Å². The lowest BCUT2D eigenvalue weighted by Gasteiger charge is -2.11. The second-order valence-corrected chi connectivity index (χ2v) is 9.46. The molecule has 0 unspecified atom stereocenters. The number of anilines is 2.